The number of aliphatic imine (C=N–C) groups is 1. The molecule has 0 aliphatic carbocycles. The van der Waals surface area contributed by atoms with Crippen LogP contribution in [-0.2, 0) is 26.6 Å². The summed E-state index contributed by atoms with van der Waals surface area (Å²) in [6, 6.07) is 10.5. The molecule has 3 aromatic rings. The van der Waals surface area contributed by atoms with E-state index in [-0.39, 0.29) is 24.0 Å². The summed E-state index contributed by atoms with van der Waals surface area (Å²) in [5.41, 5.74) is 2.58. The second-order valence-corrected chi connectivity index (χ2v) is 7.95. The molecule has 1 atom stereocenters. The van der Waals surface area contributed by atoms with E-state index in [9.17, 15) is 0 Å². The van der Waals surface area contributed by atoms with Gasteiger partial charge in [0.1, 0.15) is 12.4 Å². The minimum absolute atomic E-state index is 0. The van der Waals surface area contributed by atoms with Crippen LogP contribution in [0.4, 0.5) is 0 Å². The molecule has 166 valence electrons. The van der Waals surface area contributed by atoms with Crippen LogP contribution in [0, 0.1) is 5.92 Å². The highest BCUT2D eigenvalue weighted by Gasteiger charge is 2.25. The summed E-state index contributed by atoms with van der Waals surface area (Å²) in [7, 11) is 1.97. The summed E-state index contributed by atoms with van der Waals surface area (Å²) in [5, 5.41) is 7.76. The number of nitrogens with zero attached hydrogens (tertiary/aromatic N) is 6. The van der Waals surface area contributed by atoms with Crippen molar-refractivity contribution in [2.24, 2.45) is 18.0 Å². The molecule has 0 spiro atoms. The number of benzene rings is 1. The summed E-state index contributed by atoms with van der Waals surface area (Å²) in [6.45, 7) is 6.44. The van der Waals surface area contributed by atoms with Crippen molar-refractivity contribution in [3.8, 4) is 0 Å². The van der Waals surface area contributed by atoms with Gasteiger partial charge in [0.2, 0.25) is 0 Å². The number of hydrogen-bond donors (Lipinski definition) is 1. The van der Waals surface area contributed by atoms with Crippen molar-refractivity contribution in [3.05, 3.63) is 72.1 Å². The Morgan fingerprint density at radius 2 is 2.06 bits per heavy atom. The molecule has 8 heteroatoms. The molecule has 0 saturated carbocycles. The fraction of sp³-hybridized carbons (Fsp3) is 0.435. The molecule has 3 heterocycles. The van der Waals surface area contributed by atoms with Gasteiger partial charge in [-0.1, -0.05) is 30.3 Å². The van der Waals surface area contributed by atoms with Gasteiger partial charge in [-0.05, 0) is 36.8 Å². The topological polar surface area (TPSA) is 63.3 Å². The number of imidazole rings is 1. The van der Waals surface area contributed by atoms with Gasteiger partial charge in [-0.15, -0.1) is 24.0 Å². The van der Waals surface area contributed by atoms with Crippen LogP contribution in [0.5, 0.6) is 0 Å². The summed E-state index contributed by atoms with van der Waals surface area (Å²) in [6.07, 6.45) is 10.3. The standard InChI is InChI=1S/C23H31N7.HI/c1-3-24-23(30-11-9-20(18-30)13-21-14-27-28(2)16-21)26-15-22-25-10-12-29(22)17-19-7-5-4-6-8-19;/h4-8,10,12,14,16,20H,3,9,11,13,15,17-18H2,1-2H3,(H,24,26);1H. The zero-order chi connectivity index (χ0) is 20.8. The molecule has 1 aromatic carbocycles. The first kappa shape index (κ1) is 23.3. The van der Waals surface area contributed by atoms with Gasteiger partial charge >= 0.3 is 0 Å². The van der Waals surface area contributed by atoms with E-state index in [1.165, 1.54) is 17.5 Å². The maximum atomic E-state index is 4.92. The predicted molar refractivity (Wildman–Crippen MR) is 135 cm³/mol. The molecule has 1 aliphatic rings. The molecular weight excluding hydrogens is 501 g/mol. The second kappa shape index (κ2) is 11.3. The van der Waals surface area contributed by atoms with Crippen molar-refractivity contribution in [3.63, 3.8) is 0 Å². The average Bonchev–Trinajstić information content (AvgIpc) is 3.49. The van der Waals surface area contributed by atoms with Crippen LogP contribution in [0.2, 0.25) is 0 Å². The second-order valence-electron chi connectivity index (χ2n) is 7.95. The first-order valence-electron chi connectivity index (χ1n) is 10.8. The maximum absolute atomic E-state index is 4.92. The van der Waals surface area contributed by atoms with Crippen molar-refractivity contribution < 1.29 is 0 Å². The van der Waals surface area contributed by atoms with Crippen LogP contribution in [0.3, 0.4) is 0 Å². The normalized spacial score (nSPS) is 16.4. The maximum Gasteiger partial charge on any atom is 0.194 e. The molecule has 2 aromatic heterocycles. The van der Waals surface area contributed by atoms with E-state index in [1.54, 1.807) is 0 Å². The SMILES string of the molecule is CCNC(=NCc1nccn1Cc1ccccc1)N1CCC(Cc2cnn(C)c2)C1.I. The van der Waals surface area contributed by atoms with Crippen LogP contribution in [0.15, 0.2) is 60.1 Å². The van der Waals surface area contributed by atoms with E-state index >= 15 is 0 Å². The summed E-state index contributed by atoms with van der Waals surface area (Å²) >= 11 is 0. The highest BCUT2D eigenvalue weighted by molar-refractivity contribution is 14.0. The van der Waals surface area contributed by atoms with E-state index in [2.05, 4.69) is 62.3 Å². The van der Waals surface area contributed by atoms with Crippen molar-refractivity contribution in [1.82, 2.24) is 29.5 Å². The fourth-order valence-electron chi connectivity index (χ4n) is 4.09. The average molecular weight is 533 g/mol. The molecule has 1 N–H and O–H groups in total. The zero-order valence-electron chi connectivity index (χ0n) is 18.3. The Labute approximate surface area is 201 Å². The van der Waals surface area contributed by atoms with E-state index in [4.69, 9.17) is 4.99 Å². The van der Waals surface area contributed by atoms with Crippen LogP contribution in [-0.4, -0.2) is 49.8 Å². The molecule has 0 radical (unpaired) electrons. The number of halogens is 1. The lowest BCUT2D eigenvalue weighted by molar-refractivity contribution is 0.459. The third-order valence-corrected chi connectivity index (χ3v) is 5.57. The number of likely N-dealkylation sites (tertiary alicyclic amines) is 1. The number of hydrogen-bond acceptors (Lipinski definition) is 3. The van der Waals surface area contributed by atoms with Gasteiger partial charge < -0.3 is 14.8 Å². The number of guanidine groups is 1. The quantitative estimate of drug-likeness (QED) is 0.288. The number of aromatic nitrogens is 4. The molecule has 1 aliphatic heterocycles. The largest absolute Gasteiger partial charge is 0.357 e. The predicted octanol–water partition coefficient (Wildman–Crippen LogP) is 3.31. The summed E-state index contributed by atoms with van der Waals surface area (Å²) < 4.78 is 4.06. The molecule has 0 amide bonds. The number of rotatable bonds is 7. The number of aryl methyl sites for hydroxylation is 1. The third kappa shape index (κ3) is 6.32. The van der Waals surface area contributed by atoms with Gasteiger partial charge in [-0.25, -0.2) is 9.98 Å². The zero-order valence-corrected chi connectivity index (χ0v) is 20.6. The Bertz CT molecular complexity index is 963. The van der Waals surface area contributed by atoms with Crippen LogP contribution in [0.1, 0.15) is 30.3 Å². The van der Waals surface area contributed by atoms with Crippen molar-refractivity contribution in [1.29, 1.82) is 0 Å². The monoisotopic (exact) mass is 533 g/mol. The summed E-state index contributed by atoms with van der Waals surface area (Å²) in [5.74, 6) is 2.61. The highest BCUT2D eigenvalue weighted by atomic mass is 127. The van der Waals surface area contributed by atoms with E-state index in [0.29, 0.717) is 12.5 Å². The van der Waals surface area contributed by atoms with Crippen LogP contribution < -0.4 is 5.32 Å². The van der Waals surface area contributed by atoms with Crippen molar-refractivity contribution in [2.75, 3.05) is 19.6 Å². The first-order valence-corrected chi connectivity index (χ1v) is 10.8. The van der Waals surface area contributed by atoms with Crippen LogP contribution >= 0.6 is 24.0 Å². The lowest BCUT2D eigenvalue weighted by atomic mass is 10.0. The molecule has 1 fully saturated rings. The molecule has 4 rings (SSSR count). The highest BCUT2D eigenvalue weighted by Crippen LogP contribution is 2.21. The fourth-order valence-corrected chi connectivity index (χ4v) is 4.09. The van der Waals surface area contributed by atoms with E-state index in [1.807, 2.05) is 36.4 Å². The van der Waals surface area contributed by atoms with Crippen molar-refractivity contribution >= 4 is 29.9 Å². The molecule has 1 unspecified atom stereocenters. The number of nitrogens with one attached hydrogen (secondary N) is 1. The lowest BCUT2D eigenvalue weighted by Gasteiger charge is -2.21. The minimum Gasteiger partial charge on any atom is -0.357 e. The van der Waals surface area contributed by atoms with Gasteiger partial charge in [-0.3, -0.25) is 4.68 Å². The van der Waals surface area contributed by atoms with Crippen LogP contribution in [0.25, 0.3) is 0 Å². The molecule has 1 saturated heterocycles. The van der Waals surface area contributed by atoms with Gasteiger partial charge in [0, 0.05) is 51.8 Å². The van der Waals surface area contributed by atoms with E-state index in [0.717, 1.165) is 44.4 Å². The van der Waals surface area contributed by atoms with Gasteiger partial charge in [0.25, 0.3) is 0 Å². The Morgan fingerprint density at radius 3 is 2.81 bits per heavy atom. The smallest absolute Gasteiger partial charge is 0.194 e. The minimum atomic E-state index is 0. The van der Waals surface area contributed by atoms with Gasteiger partial charge in [0.05, 0.1) is 6.20 Å². The Kier molecular flexibility index (Phi) is 8.51. The third-order valence-electron chi connectivity index (χ3n) is 5.57. The Morgan fingerprint density at radius 1 is 1.23 bits per heavy atom. The van der Waals surface area contributed by atoms with Gasteiger partial charge in [-0.2, -0.15) is 5.10 Å². The van der Waals surface area contributed by atoms with Crippen molar-refractivity contribution in [2.45, 2.75) is 32.9 Å². The Hall–Kier alpha value is -2.36. The first-order chi connectivity index (χ1) is 14.7. The summed E-state index contributed by atoms with van der Waals surface area (Å²) in [4.78, 5) is 11.8. The van der Waals surface area contributed by atoms with E-state index < -0.39 is 0 Å². The Balaban J connectivity index is 0.00000272. The molecule has 7 nitrogen and oxygen atoms in total. The molecular formula is C23H32IN7. The molecule has 31 heavy (non-hydrogen) atoms. The van der Waals surface area contributed by atoms with Gasteiger partial charge in [0.15, 0.2) is 5.96 Å². The molecule has 0 bridgehead atoms. The lowest BCUT2D eigenvalue weighted by Crippen LogP contribution is -2.40.